The lowest BCUT2D eigenvalue weighted by molar-refractivity contribution is 0.152. The second-order valence-corrected chi connectivity index (χ2v) is 6.49. The van der Waals surface area contributed by atoms with Crippen molar-refractivity contribution < 1.29 is 4.74 Å². The van der Waals surface area contributed by atoms with Crippen LogP contribution in [0.2, 0.25) is 0 Å². The molecule has 0 radical (unpaired) electrons. The average molecular weight is 261 g/mol. The summed E-state index contributed by atoms with van der Waals surface area (Å²) in [5.41, 5.74) is 7.75. The Morgan fingerprint density at radius 3 is 2.58 bits per heavy atom. The van der Waals surface area contributed by atoms with Crippen molar-refractivity contribution in [1.82, 2.24) is 0 Å². The molecule has 106 valence electrons. The van der Waals surface area contributed by atoms with Crippen LogP contribution in [0.5, 0.6) is 5.75 Å². The van der Waals surface area contributed by atoms with Crippen LogP contribution in [-0.4, -0.2) is 6.10 Å². The van der Waals surface area contributed by atoms with Gasteiger partial charge in [-0.15, -0.1) is 0 Å². The molecule has 1 aliphatic rings. The molecule has 0 amide bonds. The van der Waals surface area contributed by atoms with Crippen LogP contribution in [0, 0.1) is 11.8 Å². The molecular weight excluding hydrogens is 234 g/mol. The SMILES string of the molecule is CC1CCC(C)C(N)(c2ccccc2OC(C)C)C1. The predicted octanol–water partition coefficient (Wildman–Crippen LogP) is 4.08. The zero-order chi connectivity index (χ0) is 14.0. The highest BCUT2D eigenvalue weighted by Gasteiger charge is 2.40. The largest absolute Gasteiger partial charge is 0.491 e. The monoisotopic (exact) mass is 261 g/mol. The van der Waals surface area contributed by atoms with E-state index >= 15 is 0 Å². The molecule has 1 aliphatic carbocycles. The van der Waals surface area contributed by atoms with E-state index in [1.807, 2.05) is 6.07 Å². The number of nitrogens with two attached hydrogens (primary N) is 1. The van der Waals surface area contributed by atoms with Gasteiger partial charge in [-0.1, -0.05) is 38.5 Å². The molecule has 2 nitrogen and oxygen atoms in total. The lowest BCUT2D eigenvalue weighted by Gasteiger charge is -2.43. The molecule has 2 rings (SSSR count). The molecular formula is C17H27NO. The number of ether oxygens (including phenoxy) is 1. The van der Waals surface area contributed by atoms with Crippen molar-refractivity contribution in [3.63, 3.8) is 0 Å². The Kier molecular flexibility index (Phi) is 4.19. The molecule has 3 atom stereocenters. The first-order chi connectivity index (χ1) is 8.93. The van der Waals surface area contributed by atoms with Gasteiger partial charge in [0.2, 0.25) is 0 Å². The fraction of sp³-hybridized carbons (Fsp3) is 0.647. The molecule has 3 unspecified atom stereocenters. The maximum Gasteiger partial charge on any atom is 0.124 e. The van der Waals surface area contributed by atoms with Gasteiger partial charge in [-0.25, -0.2) is 0 Å². The van der Waals surface area contributed by atoms with Gasteiger partial charge in [0.05, 0.1) is 6.10 Å². The zero-order valence-electron chi connectivity index (χ0n) is 12.6. The summed E-state index contributed by atoms with van der Waals surface area (Å²) < 4.78 is 5.97. The summed E-state index contributed by atoms with van der Waals surface area (Å²) in [6.45, 7) is 8.71. The molecule has 2 heteroatoms. The molecule has 0 aromatic heterocycles. The number of rotatable bonds is 3. The van der Waals surface area contributed by atoms with Gasteiger partial charge >= 0.3 is 0 Å². The maximum absolute atomic E-state index is 6.81. The van der Waals surface area contributed by atoms with Crippen molar-refractivity contribution in [3.8, 4) is 5.75 Å². The first kappa shape index (κ1) is 14.4. The average Bonchev–Trinajstić information content (AvgIpc) is 2.34. The van der Waals surface area contributed by atoms with E-state index in [1.165, 1.54) is 18.4 Å². The smallest absolute Gasteiger partial charge is 0.124 e. The second kappa shape index (κ2) is 5.54. The molecule has 19 heavy (non-hydrogen) atoms. The Morgan fingerprint density at radius 2 is 1.89 bits per heavy atom. The number of para-hydroxylation sites is 1. The highest BCUT2D eigenvalue weighted by atomic mass is 16.5. The summed E-state index contributed by atoms with van der Waals surface area (Å²) in [5, 5.41) is 0. The third-order valence-electron chi connectivity index (χ3n) is 4.41. The Balaban J connectivity index is 2.38. The van der Waals surface area contributed by atoms with Crippen LogP contribution < -0.4 is 10.5 Å². The van der Waals surface area contributed by atoms with Crippen molar-refractivity contribution in [1.29, 1.82) is 0 Å². The normalized spacial score (nSPS) is 31.5. The first-order valence-electron chi connectivity index (χ1n) is 7.48. The van der Waals surface area contributed by atoms with Gasteiger partial charge in [0, 0.05) is 11.1 Å². The fourth-order valence-corrected chi connectivity index (χ4v) is 3.26. The summed E-state index contributed by atoms with van der Waals surface area (Å²) in [5.74, 6) is 2.15. The van der Waals surface area contributed by atoms with Crippen molar-refractivity contribution in [2.75, 3.05) is 0 Å². The Labute approximate surface area is 117 Å². The van der Waals surface area contributed by atoms with Gasteiger partial charge in [0.15, 0.2) is 0 Å². The van der Waals surface area contributed by atoms with Gasteiger partial charge in [0.25, 0.3) is 0 Å². The van der Waals surface area contributed by atoms with E-state index in [-0.39, 0.29) is 11.6 Å². The third kappa shape index (κ3) is 2.94. The number of benzene rings is 1. The minimum Gasteiger partial charge on any atom is -0.491 e. The third-order valence-corrected chi connectivity index (χ3v) is 4.41. The van der Waals surface area contributed by atoms with E-state index in [0.717, 1.165) is 12.2 Å². The lowest BCUT2D eigenvalue weighted by atomic mass is 9.67. The van der Waals surface area contributed by atoms with Crippen LogP contribution in [0.15, 0.2) is 24.3 Å². The standard InChI is InChI=1S/C17H27NO/c1-12(2)19-16-8-6-5-7-15(16)17(18)11-13(3)9-10-14(17)4/h5-8,12-14H,9-11,18H2,1-4H3. The summed E-state index contributed by atoms with van der Waals surface area (Å²) in [6.07, 6.45) is 3.72. The van der Waals surface area contributed by atoms with Gasteiger partial charge in [-0.2, -0.15) is 0 Å². The quantitative estimate of drug-likeness (QED) is 0.889. The molecule has 1 aromatic carbocycles. The highest BCUT2D eigenvalue weighted by Crippen LogP contribution is 2.44. The fourth-order valence-electron chi connectivity index (χ4n) is 3.26. The van der Waals surface area contributed by atoms with Crippen LogP contribution in [0.4, 0.5) is 0 Å². The minimum absolute atomic E-state index is 0.182. The summed E-state index contributed by atoms with van der Waals surface area (Å²) >= 11 is 0. The maximum atomic E-state index is 6.81. The molecule has 0 heterocycles. The first-order valence-corrected chi connectivity index (χ1v) is 7.48. The van der Waals surface area contributed by atoms with Crippen molar-refractivity contribution in [2.45, 2.75) is 58.6 Å². The van der Waals surface area contributed by atoms with E-state index in [2.05, 4.69) is 45.9 Å². The Hall–Kier alpha value is -1.02. The second-order valence-electron chi connectivity index (χ2n) is 6.49. The summed E-state index contributed by atoms with van der Waals surface area (Å²) in [7, 11) is 0. The van der Waals surface area contributed by atoms with Crippen LogP contribution in [0.25, 0.3) is 0 Å². The number of hydrogen-bond donors (Lipinski definition) is 1. The molecule has 0 aliphatic heterocycles. The molecule has 2 N–H and O–H groups in total. The van der Waals surface area contributed by atoms with E-state index in [4.69, 9.17) is 10.5 Å². The number of hydrogen-bond acceptors (Lipinski definition) is 2. The van der Waals surface area contributed by atoms with Gasteiger partial charge in [-0.05, 0) is 44.6 Å². The van der Waals surface area contributed by atoms with Gasteiger partial charge in [-0.3, -0.25) is 0 Å². The topological polar surface area (TPSA) is 35.2 Å². The molecule has 0 spiro atoms. The molecule has 1 aromatic rings. The molecule has 0 saturated heterocycles. The Morgan fingerprint density at radius 1 is 1.21 bits per heavy atom. The van der Waals surface area contributed by atoms with Crippen molar-refractivity contribution >= 4 is 0 Å². The molecule has 1 saturated carbocycles. The van der Waals surface area contributed by atoms with Crippen molar-refractivity contribution in [3.05, 3.63) is 29.8 Å². The van der Waals surface area contributed by atoms with Crippen molar-refractivity contribution in [2.24, 2.45) is 17.6 Å². The summed E-state index contributed by atoms with van der Waals surface area (Å²) in [4.78, 5) is 0. The van der Waals surface area contributed by atoms with Gasteiger partial charge < -0.3 is 10.5 Å². The molecule has 1 fully saturated rings. The van der Waals surface area contributed by atoms with E-state index in [9.17, 15) is 0 Å². The van der Waals surface area contributed by atoms with E-state index < -0.39 is 0 Å². The minimum atomic E-state index is -0.247. The lowest BCUT2D eigenvalue weighted by Crippen LogP contribution is -2.47. The van der Waals surface area contributed by atoms with Crippen LogP contribution in [-0.2, 0) is 5.54 Å². The van der Waals surface area contributed by atoms with Gasteiger partial charge in [0.1, 0.15) is 5.75 Å². The molecule has 0 bridgehead atoms. The van der Waals surface area contributed by atoms with Crippen LogP contribution in [0.1, 0.15) is 52.5 Å². The summed E-state index contributed by atoms with van der Waals surface area (Å²) in [6, 6.07) is 8.30. The Bertz CT molecular complexity index is 429. The highest BCUT2D eigenvalue weighted by molar-refractivity contribution is 5.40. The van der Waals surface area contributed by atoms with Crippen LogP contribution >= 0.6 is 0 Å². The van der Waals surface area contributed by atoms with E-state index in [0.29, 0.717) is 11.8 Å². The zero-order valence-corrected chi connectivity index (χ0v) is 12.6. The van der Waals surface area contributed by atoms with Crippen LogP contribution in [0.3, 0.4) is 0 Å². The van der Waals surface area contributed by atoms with E-state index in [1.54, 1.807) is 0 Å². The predicted molar refractivity (Wildman–Crippen MR) is 80.3 cm³/mol.